The largest absolute Gasteiger partial charge is 0.378 e. The molecule has 1 fully saturated rings. The van der Waals surface area contributed by atoms with E-state index >= 15 is 0 Å². The number of halogens is 1. The molecule has 2 heterocycles. The highest BCUT2D eigenvalue weighted by molar-refractivity contribution is 6.30. The van der Waals surface area contributed by atoms with Crippen LogP contribution in [0, 0.1) is 0 Å². The average Bonchev–Trinajstić information content (AvgIpc) is 2.88. The molecular weight excluding hydrogens is 266 g/mol. The van der Waals surface area contributed by atoms with Crippen LogP contribution in [0.5, 0.6) is 0 Å². The topological polar surface area (TPSA) is 60.2 Å². The number of nitrogens with one attached hydrogen (secondary N) is 1. The van der Waals surface area contributed by atoms with Gasteiger partial charge in [0.05, 0.1) is 25.7 Å². The van der Waals surface area contributed by atoms with E-state index in [4.69, 9.17) is 20.9 Å². The fourth-order valence-electron chi connectivity index (χ4n) is 2.03. The maximum Gasteiger partial charge on any atom is 0.231 e. The second kappa shape index (κ2) is 5.69. The van der Waals surface area contributed by atoms with Crippen molar-refractivity contribution in [2.75, 3.05) is 19.8 Å². The fraction of sp³-hybridized carbons (Fsp3) is 0.385. The summed E-state index contributed by atoms with van der Waals surface area (Å²) >= 11 is 5.94. The van der Waals surface area contributed by atoms with Gasteiger partial charge in [0, 0.05) is 11.6 Å². The molecule has 1 saturated heterocycles. The normalized spacial score (nSPS) is 19.5. The highest BCUT2D eigenvalue weighted by atomic mass is 35.5. The Morgan fingerprint density at radius 2 is 2.37 bits per heavy atom. The van der Waals surface area contributed by atoms with E-state index in [1.165, 1.54) is 0 Å². The molecule has 5 nitrogen and oxygen atoms in total. The molecule has 1 aromatic carbocycles. The molecule has 0 bridgehead atoms. The minimum atomic E-state index is 0.0191. The van der Waals surface area contributed by atoms with E-state index in [0.29, 0.717) is 29.8 Å². The lowest BCUT2D eigenvalue weighted by atomic mass is 10.1. The first-order valence-corrected chi connectivity index (χ1v) is 6.57. The van der Waals surface area contributed by atoms with Crippen molar-refractivity contribution in [3.05, 3.63) is 46.6 Å². The van der Waals surface area contributed by atoms with Gasteiger partial charge in [-0.2, -0.15) is 4.98 Å². The number of aromatic nitrogens is 2. The van der Waals surface area contributed by atoms with Crippen molar-refractivity contribution < 1.29 is 9.26 Å². The molecule has 19 heavy (non-hydrogen) atoms. The summed E-state index contributed by atoms with van der Waals surface area (Å²) in [5.41, 5.74) is 1.05. The summed E-state index contributed by atoms with van der Waals surface area (Å²) in [6, 6.07) is 7.65. The maximum atomic E-state index is 5.94. The summed E-state index contributed by atoms with van der Waals surface area (Å²) in [6.45, 7) is 2.11. The van der Waals surface area contributed by atoms with Crippen LogP contribution in [0.4, 0.5) is 0 Å². The van der Waals surface area contributed by atoms with Crippen LogP contribution in [0.2, 0.25) is 5.02 Å². The Hall–Kier alpha value is -1.43. The predicted molar refractivity (Wildman–Crippen MR) is 70.1 cm³/mol. The first-order chi connectivity index (χ1) is 9.31. The molecule has 0 amide bonds. The molecule has 0 spiro atoms. The molecule has 6 heteroatoms. The molecule has 0 saturated carbocycles. The molecule has 100 valence electrons. The van der Waals surface area contributed by atoms with Crippen LogP contribution < -0.4 is 5.32 Å². The van der Waals surface area contributed by atoms with Gasteiger partial charge in [0.25, 0.3) is 0 Å². The number of ether oxygens (including phenoxy) is 1. The highest BCUT2D eigenvalue weighted by Gasteiger charge is 2.20. The van der Waals surface area contributed by atoms with Gasteiger partial charge in [-0.15, -0.1) is 0 Å². The molecule has 1 aliphatic rings. The van der Waals surface area contributed by atoms with Gasteiger partial charge in [-0.05, 0) is 17.7 Å². The number of benzene rings is 1. The second-order valence-corrected chi connectivity index (χ2v) is 4.87. The number of hydrogen-bond acceptors (Lipinski definition) is 5. The van der Waals surface area contributed by atoms with Crippen molar-refractivity contribution >= 4 is 11.6 Å². The van der Waals surface area contributed by atoms with Crippen molar-refractivity contribution in [3.63, 3.8) is 0 Å². The Bertz CT molecular complexity index is 552. The number of morpholine rings is 1. The number of hydrogen-bond donors (Lipinski definition) is 1. The smallest absolute Gasteiger partial charge is 0.231 e. The Morgan fingerprint density at radius 3 is 3.16 bits per heavy atom. The van der Waals surface area contributed by atoms with Gasteiger partial charge in [-0.25, -0.2) is 0 Å². The lowest BCUT2D eigenvalue weighted by Crippen LogP contribution is -2.35. The molecule has 1 N–H and O–H groups in total. The molecular formula is C13H14ClN3O2. The first-order valence-electron chi connectivity index (χ1n) is 6.19. The highest BCUT2D eigenvalue weighted by Crippen LogP contribution is 2.16. The van der Waals surface area contributed by atoms with Crippen LogP contribution in [-0.2, 0) is 11.2 Å². The summed E-state index contributed by atoms with van der Waals surface area (Å²) < 4.78 is 10.6. The third-order valence-electron chi connectivity index (χ3n) is 2.96. The van der Waals surface area contributed by atoms with E-state index in [1.54, 1.807) is 0 Å². The van der Waals surface area contributed by atoms with Gasteiger partial charge in [0.2, 0.25) is 5.89 Å². The third-order valence-corrected chi connectivity index (χ3v) is 3.20. The van der Waals surface area contributed by atoms with Crippen LogP contribution in [-0.4, -0.2) is 29.9 Å². The van der Waals surface area contributed by atoms with Crippen LogP contribution in [0.25, 0.3) is 0 Å². The fourth-order valence-corrected chi connectivity index (χ4v) is 2.25. The van der Waals surface area contributed by atoms with Crippen LogP contribution >= 0.6 is 11.6 Å². The molecule has 0 radical (unpaired) electrons. The van der Waals surface area contributed by atoms with Gasteiger partial charge in [-0.1, -0.05) is 28.9 Å². The predicted octanol–water partition coefficient (Wildman–Crippen LogP) is 1.97. The summed E-state index contributed by atoms with van der Waals surface area (Å²) in [7, 11) is 0. The molecule has 1 aliphatic heterocycles. The summed E-state index contributed by atoms with van der Waals surface area (Å²) in [5, 5.41) is 8.00. The zero-order valence-corrected chi connectivity index (χ0v) is 11.1. The standard InChI is InChI=1S/C13H14ClN3O2/c14-10-3-1-2-9(6-10)7-12-16-13(17-19-12)11-8-18-5-4-15-11/h1-3,6,11,15H,4-5,7-8H2/t11-/m1/s1. The minimum absolute atomic E-state index is 0.0191. The van der Waals surface area contributed by atoms with E-state index in [1.807, 2.05) is 24.3 Å². The summed E-state index contributed by atoms with van der Waals surface area (Å²) in [5.74, 6) is 1.24. The van der Waals surface area contributed by atoms with Crippen LogP contribution in [0.1, 0.15) is 23.3 Å². The average molecular weight is 280 g/mol. The second-order valence-electron chi connectivity index (χ2n) is 4.43. The van der Waals surface area contributed by atoms with E-state index in [2.05, 4.69) is 15.5 Å². The van der Waals surface area contributed by atoms with E-state index in [9.17, 15) is 0 Å². The number of nitrogens with zero attached hydrogens (tertiary/aromatic N) is 2. The summed E-state index contributed by atoms with van der Waals surface area (Å²) in [4.78, 5) is 4.40. The molecule has 2 aromatic rings. The molecule has 0 unspecified atom stereocenters. The van der Waals surface area contributed by atoms with Crippen molar-refractivity contribution in [1.29, 1.82) is 0 Å². The molecule has 0 aliphatic carbocycles. The first kappa shape index (κ1) is 12.6. The lowest BCUT2D eigenvalue weighted by Gasteiger charge is -2.20. The van der Waals surface area contributed by atoms with E-state index < -0.39 is 0 Å². The number of rotatable bonds is 3. The van der Waals surface area contributed by atoms with Gasteiger partial charge in [0.15, 0.2) is 5.82 Å². The molecule has 1 aromatic heterocycles. The van der Waals surface area contributed by atoms with Gasteiger partial charge in [0.1, 0.15) is 0 Å². The Morgan fingerprint density at radius 1 is 1.42 bits per heavy atom. The van der Waals surface area contributed by atoms with Crippen molar-refractivity contribution in [3.8, 4) is 0 Å². The Labute approximate surface area is 115 Å². The van der Waals surface area contributed by atoms with Gasteiger partial charge >= 0.3 is 0 Å². The van der Waals surface area contributed by atoms with Crippen molar-refractivity contribution in [2.24, 2.45) is 0 Å². The van der Waals surface area contributed by atoms with Crippen molar-refractivity contribution in [2.45, 2.75) is 12.5 Å². The Balaban J connectivity index is 1.70. The van der Waals surface area contributed by atoms with Crippen LogP contribution in [0.15, 0.2) is 28.8 Å². The molecule has 3 rings (SSSR count). The Kier molecular flexibility index (Phi) is 3.77. The van der Waals surface area contributed by atoms with Gasteiger partial charge < -0.3 is 14.6 Å². The van der Waals surface area contributed by atoms with E-state index in [0.717, 1.165) is 18.7 Å². The molecule has 1 atom stereocenters. The maximum absolute atomic E-state index is 5.94. The van der Waals surface area contributed by atoms with E-state index in [-0.39, 0.29) is 6.04 Å². The minimum Gasteiger partial charge on any atom is -0.378 e. The quantitative estimate of drug-likeness (QED) is 0.931. The monoisotopic (exact) mass is 279 g/mol. The van der Waals surface area contributed by atoms with Gasteiger partial charge in [-0.3, -0.25) is 0 Å². The SMILES string of the molecule is Clc1cccc(Cc2nc([C@H]3COCCN3)no2)c1. The lowest BCUT2D eigenvalue weighted by molar-refractivity contribution is 0.0734. The zero-order chi connectivity index (χ0) is 13.1. The summed E-state index contributed by atoms with van der Waals surface area (Å²) in [6.07, 6.45) is 0.584. The van der Waals surface area contributed by atoms with Crippen molar-refractivity contribution in [1.82, 2.24) is 15.5 Å². The van der Waals surface area contributed by atoms with Crippen LogP contribution in [0.3, 0.4) is 0 Å². The zero-order valence-electron chi connectivity index (χ0n) is 10.3. The third kappa shape index (κ3) is 3.12.